The fourth-order valence-corrected chi connectivity index (χ4v) is 3.23. The molecule has 0 saturated heterocycles. The average molecular weight is 382 g/mol. The Bertz CT molecular complexity index is 1050. The van der Waals surface area contributed by atoms with E-state index in [4.69, 9.17) is 14.2 Å². The van der Waals surface area contributed by atoms with Gasteiger partial charge in [-0.3, -0.25) is 4.79 Å². The van der Waals surface area contributed by atoms with Gasteiger partial charge in [-0.15, -0.1) is 5.10 Å². The van der Waals surface area contributed by atoms with E-state index in [1.165, 1.54) is 12.1 Å². The normalized spacial score (nSPS) is 17.2. The maximum Gasteiger partial charge on any atom is 0.278 e. The van der Waals surface area contributed by atoms with Crippen molar-refractivity contribution in [3.8, 4) is 11.5 Å². The molecule has 0 saturated carbocycles. The van der Waals surface area contributed by atoms with Gasteiger partial charge in [-0.05, 0) is 29.8 Å². The van der Waals surface area contributed by atoms with Crippen LogP contribution in [0.1, 0.15) is 27.8 Å². The number of halogens is 1. The molecule has 1 aromatic heterocycles. The highest BCUT2D eigenvalue weighted by Gasteiger charge is 2.28. The van der Waals surface area contributed by atoms with Gasteiger partial charge >= 0.3 is 0 Å². The summed E-state index contributed by atoms with van der Waals surface area (Å²) in [6, 6.07) is 11.3. The van der Waals surface area contributed by atoms with Crippen LogP contribution in [-0.2, 0) is 17.9 Å². The molecule has 1 N–H and O–H groups in total. The Morgan fingerprint density at radius 1 is 1.14 bits per heavy atom. The van der Waals surface area contributed by atoms with Crippen molar-refractivity contribution in [1.29, 1.82) is 0 Å². The zero-order chi connectivity index (χ0) is 19.1. The number of benzene rings is 2. The molecule has 0 fully saturated rings. The summed E-state index contributed by atoms with van der Waals surface area (Å²) in [5.41, 5.74) is 2.21. The fourth-order valence-electron chi connectivity index (χ4n) is 3.23. The molecule has 2 aliphatic rings. The third-order valence-corrected chi connectivity index (χ3v) is 4.68. The van der Waals surface area contributed by atoms with Crippen molar-refractivity contribution in [2.45, 2.75) is 19.3 Å². The monoisotopic (exact) mass is 382 g/mol. The van der Waals surface area contributed by atoms with Gasteiger partial charge in [-0.2, -0.15) is 0 Å². The van der Waals surface area contributed by atoms with Crippen LogP contribution in [0.3, 0.4) is 0 Å². The number of fused-ring (bicyclic) bond motifs is 2. The third-order valence-electron chi connectivity index (χ3n) is 4.68. The molecule has 0 spiro atoms. The Hall–Kier alpha value is -3.46. The van der Waals surface area contributed by atoms with Crippen LogP contribution in [0.25, 0.3) is 0 Å². The minimum absolute atomic E-state index is 0.164. The molecule has 9 heteroatoms. The van der Waals surface area contributed by atoms with Gasteiger partial charge in [0.2, 0.25) is 6.79 Å². The van der Waals surface area contributed by atoms with E-state index in [1.54, 1.807) is 35.0 Å². The van der Waals surface area contributed by atoms with E-state index in [0.29, 0.717) is 29.4 Å². The lowest BCUT2D eigenvalue weighted by Gasteiger charge is -2.24. The van der Waals surface area contributed by atoms with Crippen molar-refractivity contribution in [2.24, 2.45) is 0 Å². The topological polar surface area (TPSA) is 87.5 Å². The molecule has 1 amide bonds. The van der Waals surface area contributed by atoms with Crippen LogP contribution in [0.15, 0.2) is 42.5 Å². The molecule has 28 heavy (non-hydrogen) atoms. The molecule has 0 bridgehead atoms. The highest BCUT2D eigenvalue weighted by atomic mass is 19.1. The highest BCUT2D eigenvalue weighted by Crippen LogP contribution is 2.34. The van der Waals surface area contributed by atoms with E-state index in [0.717, 1.165) is 5.56 Å². The summed E-state index contributed by atoms with van der Waals surface area (Å²) in [5, 5.41) is 10.9. The van der Waals surface area contributed by atoms with Gasteiger partial charge in [0.15, 0.2) is 17.2 Å². The van der Waals surface area contributed by atoms with Gasteiger partial charge in [-0.1, -0.05) is 17.3 Å². The summed E-state index contributed by atoms with van der Waals surface area (Å²) in [7, 11) is 0. The Morgan fingerprint density at radius 3 is 2.82 bits per heavy atom. The highest BCUT2D eigenvalue weighted by molar-refractivity contribution is 6.03. The first-order valence-corrected chi connectivity index (χ1v) is 8.68. The van der Waals surface area contributed by atoms with Crippen LogP contribution in [0, 0.1) is 5.82 Å². The van der Waals surface area contributed by atoms with E-state index >= 15 is 0 Å². The number of nitrogens with zero attached hydrogens (tertiary/aromatic N) is 3. The SMILES string of the molecule is O=C(Nc1ccc2c(c1)OCO2)c1nnn2c1CO[C@H](c1ccc(F)cc1)C2. The Kier molecular flexibility index (Phi) is 3.94. The summed E-state index contributed by atoms with van der Waals surface area (Å²) < 4.78 is 31.2. The van der Waals surface area contributed by atoms with E-state index in [1.807, 2.05) is 0 Å². The van der Waals surface area contributed by atoms with Crippen LogP contribution < -0.4 is 14.8 Å². The second-order valence-corrected chi connectivity index (χ2v) is 6.44. The predicted octanol–water partition coefficient (Wildman–Crippen LogP) is 2.67. The summed E-state index contributed by atoms with van der Waals surface area (Å²) >= 11 is 0. The van der Waals surface area contributed by atoms with E-state index in [2.05, 4.69) is 15.6 Å². The van der Waals surface area contributed by atoms with Crippen molar-refractivity contribution < 1.29 is 23.4 Å². The third kappa shape index (κ3) is 2.95. The standard InChI is InChI=1S/C19H15FN4O4/c20-12-3-1-11(2-4-12)17-8-24-14(9-26-17)18(22-23-24)19(25)21-13-5-6-15-16(7-13)28-10-27-15/h1-7,17H,8-10H2,(H,21,25)/t17-/m0/s1. The molecule has 5 rings (SSSR count). The average Bonchev–Trinajstić information content (AvgIpc) is 3.34. The molecule has 3 heterocycles. The number of nitrogens with one attached hydrogen (secondary N) is 1. The smallest absolute Gasteiger partial charge is 0.278 e. The number of aromatic nitrogens is 3. The van der Waals surface area contributed by atoms with Gasteiger partial charge in [0, 0.05) is 11.8 Å². The molecular formula is C19H15FN4O4. The van der Waals surface area contributed by atoms with Gasteiger partial charge < -0.3 is 19.5 Å². The van der Waals surface area contributed by atoms with Crippen molar-refractivity contribution >= 4 is 11.6 Å². The molecule has 2 aliphatic heterocycles. The van der Waals surface area contributed by atoms with E-state index in [9.17, 15) is 9.18 Å². The number of ether oxygens (including phenoxy) is 3. The Labute approximate surface area is 158 Å². The van der Waals surface area contributed by atoms with E-state index < -0.39 is 0 Å². The number of carbonyl (C=O) groups is 1. The minimum atomic E-state index is -0.385. The van der Waals surface area contributed by atoms with Crippen LogP contribution in [0.4, 0.5) is 10.1 Å². The summed E-state index contributed by atoms with van der Waals surface area (Å²) in [6.07, 6.45) is -0.278. The minimum Gasteiger partial charge on any atom is -0.454 e. The largest absolute Gasteiger partial charge is 0.454 e. The Balaban J connectivity index is 1.33. The second kappa shape index (κ2) is 6.61. The number of carbonyl (C=O) groups excluding carboxylic acids is 1. The van der Waals surface area contributed by atoms with Crippen molar-refractivity contribution in [2.75, 3.05) is 12.1 Å². The van der Waals surface area contributed by atoms with Crippen molar-refractivity contribution in [1.82, 2.24) is 15.0 Å². The molecule has 1 atom stereocenters. The van der Waals surface area contributed by atoms with E-state index in [-0.39, 0.29) is 36.9 Å². The van der Waals surface area contributed by atoms with Crippen LogP contribution in [0.5, 0.6) is 11.5 Å². The van der Waals surface area contributed by atoms with Gasteiger partial charge in [-0.25, -0.2) is 9.07 Å². The molecule has 2 aromatic carbocycles. The molecule has 0 radical (unpaired) electrons. The first kappa shape index (κ1) is 16.7. The number of hydrogen-bond acceptors (Lipinski definition) is 6. The maximum absolute atomic E-state index is 13.1. The quantitative estimate of drug-likeness (QED) is 0.749. The maximum atomic E-state index is 13.1. The fraction of sp³-hybridized carbons (Fsp3) is 0.211. The van der Waals surface area contributed by atoms with Crippen LogP contribution in [0.2, 0.25) is 0 Å². The number of rotatable bonds is 3. The van der Waals surface area contributed by atoms with Gasteiger partial charge in [0.1, 0.15) is 11.9 Å². The Morgan fingerprint density at radius 2 is 1.96 bits per heavy atom. The molecular weight excluding hydrogens is 367 g/mol. The summed E-state index contributed by atoms with van der Waals surface area (Å²) in [6.45, 7) is 0.738. The zero-order valence-electron chi connectivity index (χ0n) is 14.6. The number of amides is 1. The summed E-state index contributed by atoms with van der Waals surface area (Å²) in [4.78, 5) is 12.6. The van der Waals surface area contributed by atoms with Gasteiger partial charge in [0.25, 0.3) is 5.91 Å². The molecule has 3 aromatic rings. The molecule has 142 valence electrons. The molecule has 0 unspecified atom stereocenters. The molecule has 8 nitrogen and oxygen atoms in total. The lowest BCUT2D eigenvalue weighted by molar-refractivity contribution is -0.00174. The second-order valence-electron chi connectivity index (χ2n) is 6.44. The van der Waals surface area contributed by atoms with Gasteiger partial charge in [0.05, 0.1) is 18.8 Å². The van der Waals surface area contributed by atoms with Crippen molar-refractivity contribution in [3.63, 3.8) is 0 Å². The molecule has 0 aliphatic carbocycles. The predicted molar refractivity (Wildman–Crippen MR) is 94.5 cm³/mol. The summed E-state index contributed by atoms with van der Waals surface area (Å²) in [5.74, 6) is 0.528. The lowest BCUT2D eigenvalue weighted by Crippen LogP contribution is -2.24. The van der Waals surface area contributed by atoms with Crippen molar-refractivity contribution in [3.05, 3.63) is 65.2 Å². The number of hydrogen-bond donors (Lipinski definition) is 1. The first-order chi connectivity index (χ1) is 13.7. The zero-order valence-corrected chi connectivity index (χ0v) is 14.6. The van der Waals surface area contributed by atoms with Crippen LogP contribution >= 0.6 is 0 Å². The lowest BCUT2D eigenvalue weighted by atomic mass is 10.1. The number of anilines is 1. The first-order valence-electron chi connectivity index (χ1n) is 8.68. The van der Waals surface area contributed by atoms with Crippen LogP contribution in [-0.4, -0.2) is 27.7 Å².